The Balaban J connectivity index is 2.03. The van der Waals surface area contributed by atoms with Crippen molar-refractivity contribution in [3.05, 3.63) is 0 Å². The van der Waals surface area contributed by atoms with Gasteiger partial charge in [-0.15, -0.1) is 0 Å². The third-order valence-electron chi connectivity index (χ3n) is 6.28. The largest absolute Gasteiger partial charge is 0.392 e. The molecular weight excluding hydrogens is 252 g/mol. The summed E-state index contributed by atoms with van der Waals surface area (Å²) in [6, 6.07) is 0. The van der Waals surface area contributed by atoms with Crippen LogP contribution in [0.2, 0.25) is 0 Å². The lowest BCUT2D eigenvalue weighted by Gasteiger charge is -2.42. The normalized spacial score (nSPS) is 39.9. The fraction of sp³-hybridized carbons (Fsp3) is 0.882. The third-order valence-corrected chi connectivity index (χ3v) is 6.28. The molecule has 2 aliphatic carbocycles. The minimum Gasteiger partial charge on any atom is -0.392 e. The zero-order valence-electron chi connectivity index (χ0n) is 12.6. The number of carbonyl (C=O) groups is 2. The molecule has 0 aromatic rings. The summed E-state index contributed by atoms with van der Waals surface area (Å²) in [4.78, 5) is 25.1. The maximum atomic E-state index is 12.7. The molecule has 2 unspecified atom stereocenters. The van der Waals surface area contributed by atoms with E-state index in [9.17, 15) is 9.59 Å². The molecule has 0 aromatic heterocycles. The van der Waals surface area contributed by atoms with E-state index in [-0.39, 0.29) is 11.9 Å². The summed E-state index contributed by atoms with van der Waals surface area (Å²) >= 11 is 0. The molecule has 1 heterocycles. The maximum Gasteiger partial charge on any atom is 0.321 e. The highest BCUT2D eigenvalue weighted by molar-refractivity contribution is 6.01. The van der Waals surface area contributed by atoms with Crippen LogP contribution in [0.25, 0.3) is 0 Å². The van der Waals surface area contributed by atoms with Gasteiger partial charge in [-0.05, 0) is 38.5 Å². The zero-order chi connectivity index (χ0) is 14.2. The Hall–Kier alpha value is -0.860. The van der Waals surface area contributed by atoms with Gasteiger partial charge < -0.3 is 4.74 Å². The van der Waals surface area contributed by atoms with E-state index in [1.54, 1.807) is 0 Å². The molecule has 0 spiro atoms. The van der Waals surface area contributed by atoms with E-state index < -0.39 is 10.8 Å². The quantitative estimate of drug-likeness (QED) is 0.414. The van der Waals surface area contributed by atoms with Gasteiger partial charge in [-0.25, -0.2) is 0 Å². The molecule has 3 heteroatoms. The lowest BCUT2D eigenvalue weighted by atomic mass is 9.55. The second kappa shape index (κ2) is 5.16. The van der Waals surface area contributed by atoms with Crippen LogP contribution in [-0.4, -0.2) is 11.9 Å². The van der Waals surface area contributed by atoms with Gasteiger partial charge in [0.15, 0.2) is 0 Å². The van der Waals surface area contributed by atoms with Crippen molar-refractivity contribution >= 4 is 11.9 Å². The minimum absolute atomic E-state index is 0.196. The highest BCUT2D eigenvalue weighted by Gasteiger charge is 2.67. The van der Waals surface area contributed by atoms with Crippen LogP contribution in [0.3, 0.4) is 0 Å². The Bertz CT molecular complexity index is 408. The average Bonchev–Trinajstić information content (AvgIpc) is 2.71. The maximum absolute atomic E-state index is 12.7. The SMILES string of the molecule is CC12CCCCCC1(C1CCCCCC1)C(=O)OC2=O. The van der Waals surface area contributed by atoms with Crippen LogP contribution >= 0.6 is 0 Å². The molecule has 0 radical (unpaired) electrons. The smallest absolute Gasteiger partial charge is 0.321 e. The van der Waals surface area contributed by atoms with Crippen LogP contribution in [0.5, 0.6) is 0 Å². The fourth-order valence-corrected chi connectivity index (χ4v) is 5.05. The standard InChI is InChI=1S/C17H26O3/c1-16-11-7-4-8-12-17(16,15(19)20-14(16)18)13-9-5-2-3-6-10-13/h13H,2-12H2,1H3. The number of hydrogen-bond acceptors (Lipinski definition) is 3. The number of hydrogen-bond donors (Lipinski definition) is 0. The van der Waals surface area contributed by atoms with Gasteiger partial charge in [0.05, 0.1) is 10.8 Å². The summed E-state index contributed by atoms with van der Waals surface area (Å²) in [5, 5.41) is 0. The lowest BCUT2D eigenvalue weighted by molar-refractivity contribution is -0.157. The average molecular weight is 278 g/mol. The number of cyclic esters (lactones) is 2. The van der Waals surface area contributed by atoms with E-state index in [1.807, 2.05) is 6.92 Å². The first-order valence-electron chi connectivity index (χ1n) is 8.38. The molecule has 3 fully saturated rings. The first-order valence-corrected chi connectivity index (χ1v) is 8.38. The van der Waals surface area contributed by atoms with Crippen molar-refractivity contribution in [2.45, 2.75) is 77.6 Å². The molecule has 0 aromatic carbocycles. The number of esters is 2. The molecule has 1 saturated heterocycles. The van der Waals surface area contributed by atoms with E-state index in [0.29, 0.717) is 5.92 Å². The van der Waals surface area contributed by atoms with Crippen LogP contribution in [0.15, 0.2) is 0 Å². The van der Waals surface area contributed by atoms with Crippen LogP contribution in [0, 0.1) is 16.7 Å². The van der Waals surface area contributed by atoms with Crippen molar-refractivity contribution in [1.82, 2.24) is 0 Å². The number of rotatable bonds is 1. The zero-order valence-corrected chi connectivity index (χ0v) is 12.6. The first kappa shape index (κ1) is 14.1. The molecule has 0 amide bonds. The summed E-state index contributed by atoms with van der Waals surface area (Å²) in [6.07, 6.45) is 12.1. The molecule has 0 bridgehead atoms. The van der Waals surface area contributed by atoms with Crippen molar-refractivity contribution in [3.8, 4) is 0 Å². The second-order valence-electron chi connectivity index (χ2n) is 7.23. The van der Waals surface area contributed by atoms with Crippen molar-refractivity contribution in [1.29, 1.82) is 0 Å². The molecule has 2 atom stereocenters. The Morgan fingerprint density at radius 3 is 2.15 bits per heavy atom. The van der Waals surface area contributed by atoms with Crippen molar-refractivity contribution in [3.63, 3.8) is 0 Å². The molecular formula is C17H26O3. The summed E-state index contributed by atoms with van der Waals surface area (Å²) in [5.74, 6) is -0.0838. The van der Waals surface area contributed by atoms with E-state index in [1.165, 1.54) is 25.7 Å². The minimum atomic E-state index is -0.560. The molecule has 3 rings (SSSR count). The molecule has 3 nitrogen and oxygen atoms in total. The van der Waals surface area contributed by atoms with Gasteiger partial charge >= 0.3 is 11.9 Å². The molecule has 112 valence electrons. The molecule has 0 N–H and O–H groups in total. The number of carbonyl (C=O) groups excluding carboxylic acids is 2. The Morgan fingerprint density at radius 2 is 1.45 bits per heavy atom. The van der Waals surface area contributed by atoms with E-state index in [4.69, 9.17) is 4.74 Å². The van der Waals surface area contributed by atoms with Crippen molar-refractivity contribution < 1.29 is 14.3 Å². The molecule has 20 heavy (non-hydrogen) atoms. The van der Waals surface area contributed by atoms with Gasteiger partial charge in [0.2, 0.25) is 0 Å². The van der Waals surface area contributed by atoms with Crippen molar-refractivity contribution in [2.24, 2.45) is 16.7 Å². The topological polar surface area (TPSA) is 43.4 Å². The predicted octanol–water partition coefficient (Wildman–Crippen LogP) is 4.00. The fourth-order valence-electron chi connectivity index (χ4n) is 5.05. The van der Waals surface area contributed by atoms with E-state index in [0.717, 1.165) is 44.9 Å². The third kappa shape index (κ3) is 1.85. The summed E-state index contributed by atoms with van der Waals surface area (Å²) in [5.41, 5.74) is -1.07. The molecule has 2 saturated carbocycles. The lowest BCUT2D eigenvalue weighted by Crippen LogP contribution is -2.47. The van der Waals surface area contributed by atoms with Crippen molar-refractivity contribution in [2.75, 3.05) is 0 Å². The summed E-state index contributed by atoms with van der Waals surface area (Å²) < 4.78 is 5.19. The van der Waals surface area contributed by atoms with Crippen LogP contribution in [-0.2, 0) is 14.3 Å². The van der Waals surface area contributed by atoms with E-state index in [2.05, 4.69) is 0 Å². The molecule has 1 aliphatic heterocycles. The van der Waals surface area contributed by atoms with Gasteiger partial charge in [0.1, 0.15) is 0 Å². The van der Waals surface area contributed by atoms with Crippen LogP contribution in [0.4, 0.5) is 0 Å². The Kier molecular flexibility index (Phi) is 3.64. The highest BCUT2D eigenvalue weighted by atomic mass is 16.6. The van der Waals surface area contributed by atoms with Gasteiger partial charge in [0, 0.05) is 0 Å². The summed E-state index contributed by atoms with van der Waals surface area (Å²) in [6.45, 7) is 2.01. The van der Waals surface area contributed by atoms with E-state index >= 15 is 0 Å². The Morgan fingerprint density at radius 1 is 0.850 bits per heavy atom. The van der Waals surface area contributed by atoms with Gasteiger partial charge in [-0.2, -0.15) is 0 Å². The van der Waals surface area contributed by atoms with Crippen LogP contribution in [0.1, 0.15) is 77.6 Å². The van der Waals surface area contributed by atoms with Gasteiger partial charge in [0.25, 0.3) is 0 Å². The predicted molar refractivity (Wildman–Crippen MR) is 75.9 cm³/mol. The molecule has 3 aliphatic rings. The van der Waals surface area contributed by atoms with Crippen LogP contribution < -0.4 is 0 Å². The summed E-state index contributed by atoms with van der Waals surface area (Å²) in [7, 11) is 0. The Labute approximate surface area is 121 Å². The second-order valence-corrected chi connectivity index (χ2v) is 7.23. The monoisotopic (exact) mass is 278 g/mol. The first-order chi connectivity index (χ1) is 9.61. The highest BCUT2D eigenvalue weighted by Crippen LogP contribution is 2.61. The van der Waals surface area contributed by atoms with Gasteiger partial charge in [-0.1, -0.05) is 44.9 Å². The number of ether oxygens (including phenoxy) is 1. The van der Waals surface area contributed by atoms with Gasteiger partial charge in [-0.3, -0.25) is 9.59 Å². The number of fused-ring (bicyclic) bond motifs is 1.